The average Bonchev–Trinajstić information content (AvgIpc) is 2.74. The summed E-state index contributed by atoms with van der Waals surface area (Å²) in [5.41, 5.74) is 3.36. The second kappa shape index (κ2) is 8.19. The lowest BCUT2D eigenvalue weighted by atomic mass is 9.88. The number of hydrogen-bond donors (Lipinski definition) is 2. The fraction of sp³-hybridized carbons (Fsp3) is 0.167. The van der Waals surface area contributed by atoms with Gasteiger partial charge < -0.3 is 15.4 Å². The minimum Gasteiger partial charge on any atom is -0.479 e. The molecule has 0 radical (unpaired) electrons. The van der Waals surface area contributed by atoms with E-state index in [9.17, 15) is 9.59 Å². The van der Waals surface area contributed by atoms with Crippen LogP contribution in [0.25, 0.3) is 0 Å². The van der Waals surface area contributed by atoms with Gasteiger partial charge in [0.25, 0.3) is 5.91 Å². The highest BCUT2D eigenvalue weighted by Crippen LogP contribution is 2.33. The molecular weight excluding hydrogens is 364 g/mol. The summed E-state index contributed by atoms with van der Waals surface area (Å²) in [7, 11) is 0. The minimum absolute atomic E-state index is 0.0427. The smallest absolute Gasteiger partial charge is 0.265 e. The van der Waals surface area contributed by atoms with Crippen molar-refractivity contribution in [3.05, 3.63) is 90.0 Å². The van der Waals surface area contributed by atoms with Gasteiger partial charge in [0.05, 0.1) is 5.69 Å². The number of amides is 2. The fourth-order valence-corrected chi connectivity index (χ4v) is 3.48. The van der Waals surface area contributed by atoms with Gasteiger partial charge in [-0.25, -0.2) is 0 Å². The number of rotatable bonds is 5. The Morgan fingerprint density at radius 2 is 1.62 bits per heavy atom. The van der Waals surface area contributed by atoms with Crippen LogP contribution in [0.3, 0.4) is 0 Å². The van der Waals surface area contributed by atoms with E-state index in [0.717, 1.165) is 11.1 Å². The van der Waals surface area contributed by atoms with Crippen molar-refractivity contribution in [3.63, 3.8) is 0 Å². The molecule has 3 aromatic rings. The van der Waals surface area contributed by atoms with Gasteiger partial charge in [0, 0.05) is 18.0 Å². The Morgan fingerprint density at radius 1 is 1.00 bits per heavy atom. The molecule has 0 aromatic heterocycles. The zero-order valence-electron chi connectivity index (χ0n) is 16.1. The summed E-state index contributed by atoms with van der Waals surface area (Å²) >= 11 is 0. The molecule has 3 aromatic carbocycles. The van der Waals surface area contributed by atoms with Crippen molar-refractivity contribution in [1.29, 1.82) is 0 Å². The van der Waals surface area contributed by atoms with E-state index in [1.54, 1.807) is 25.1 Å². The van der Waals surface area contributed by atoms with Crippen LogP contribution in [0.1, 0.15) is 30.4 Å². The second-order valence-corrected chi connectivity index (χ2v) is 7.09. The van der Waals surface area contributed by atoms with Gasteiger partial charge >= 0.3 is 0 Å². The molecule has 29 heavy (non-hydrogen) atoms. The van der Waals surface area contributed by atoms with E-state index < -0.39 is 6.10 Å². The van der Waals surface area contributed by atoms with Gasteiger partial charge in [-0.1, -0.05) is 60.7 Å². The SMILES string of the molecule is C[C@H]1Oc2ccc(NC(=O)CC(c3ccccc3)c3ccccc3)cc2NC1=O. The molecule has 0 spiro atoms. The summed E-state index contributed by atoms with van der Waals surface area (Å²) in [4.78, 5) is 24.7. The van der Waals surface area contributed by atoms with E-state index in [0.29, 0.717) is 23.5 Å². The van der Waals surface area contributed by atoms with E-state index in [1.165, 1.54) is 0 Å². The molecule has 0 bridgehead atoms. The van der Waals surface area contributed by atoms with Gasteiger partial charge in [-0.05, 0) is 36.2 Å². The van der Waals surface area contributed by atoms with Crippen LogP contribution in [0, 0.1) is 0 Å². The third-order valence-corrected chi connectivity index (χ3v) is 4.99. The van der Waals surface area contributed by atoms with Gasteiger partial charge in [-0.2, -0.15) is 0 Å². The molecule has 0 unspecified atom stereocenters. The van der Waals surface area contributed by atoms with E-state index in [4.69, 9.17) is 4.74 Å². The Balaban J connectivity index is 1.52. The van der Waals surface area contributed by atoms with Crippen molar-refractivity contribution >= 4 is 23.2 Å². The summed E-state index contributed by atoms with van der Waals surface area (Å²) < 4.78 is 5.56. The van der Waals surface area contributed by atoms with Crippen molar-refractivity contribution in [2.75, 3.05) is 10.6 Å². The molecule has 0 saturated carbocycles. The number of carbonyl (C=O) groups excluding carboxylic acids is 2. The van der Waals surface area contributed by atoms with Crippen LogP contribution in [-0.2, 0) is 9.59 Å². The lowest BCUT2D eigenvalue weighted by molar-refractivity contribution is -0.122. The van der Waals surface area contributed by atoms with Crippen LogP contribution in [-0.4, -0.2) is 17.9 Å². The van der Waals surface area contributed by atoms with Crippen molar-refractivity contribution < 1.29 is 14.3 Å². The van der Waals surface area contributed by atoms with Crippen molar-refractivity contribution in [3.8, 4) is 5.75 Å². The summed E-state index contributed by atoms with van der Waals surface area (Å²) in [5, 5.41) is 5.74. The number of hydrogen-bond acceptors (Lipinski definition) is 3. The predicted octanol–water partition coefficient (Wildman–Crippen LogP) is 4.57. The lowest BCUT2D eigenvalue weighted by Gasteiger charge is -2.24. The molecule has 0 saturated heterocycles. The predicted molar refractivity (Wildman–Crippen MR) is 113 cm³/mol. The molecule has 1 heterocycles. The molecule has 1 aliphatic heterocycles. The molecule has 1 aliphatic rings. The molecule has 4 rings (SSSR count). The molecule has 5 heteroatoms. The van der Waals surface area contributed by atoms with Gasteiger partial charge in [-0.15, -0.1) is 0 Å². The maximum atomic E-state index is 12.8. The van der Waals surface area contributed by atoms with Gasteiger partial charge in [-0.3, -0.25) is 9.59 Å². The summed E-state index contributed by atoms with van der Waals surface area (Å²) in [5.74, 6) is 0.258. The van der Waals surface area contributed by atoms with Crippen molar-refractivity contribution in [2.45, 2.75) is 25.4 Å². The Bertz CT molecular complexity index is 979. The van der Waals surface area contributed by atoms with E-state index in [-0.39, 0.29) is 17.7 Å². The molecule has 0 aliphatic carbocycles. The first-order chi connectivity index (χ1) is 14.1. The molecule has 146 valence electrons. The standard InChI is InChI=1S/C24H22N2O3/c1-16-24(28)26-21-14-19(12-13-22(21)29-16)25-23(27)15-20(17-8-4-2-5-9-17)18-10-6-3-7-11-18/h2-14,16,20H,15H2,1H3,(H,25,27)(H,26,28)/t16-/m1/s1. The first-order valence-corrected chi connectivity index (χ1v) is 9.61. The van der Waals surface area contributed by atoms with Crippen LogP contribution < -0.4 is 15.4 Å². The highest BCUT2D eigenvalue weighted by atomic mass is 16.5. The van der Waals surface area contributed by atoms with E-state index >= 15 is 0 Å². The van der Waals surface area contributed by atoms with Crippen LogP contribution >= 0.6 is 0 Å². The zero-order chi connectivity index (χ0) is 20.2. The molecular formula is C24H22N2O3. The first kappa shape index (κ1) is 18.7. The third-order valence-electron chi connectivity index (χ3n) is 4.99. The normalized spacial score (nSPS) is 15.2. The quantitative estimate of drug-likeness (QED) is 0.675. The van der Waals surface area contributed by atoms with Crippen LogP contribution in [0.4, 0.5) is 11.4 Å². The Kier molecular flexibility index (Phi) is 5.29. The van der Waals surface area contributed by atoms with E-state index in [1.807, 2.05) is 60.7 Å². The maximum Gasteiger partial charge on any atom is 0.265 e. The van der Waals surface area contributed by atoms with Crippen LogP contribution in [0.2, 0.25) is 0 Å². The monoisotopic (exact) mass is 386 g/mol. The number of nitrogens with one attached hydrogen (secondary N) is 2. The number of benzene rings is 3. The molecule has 2 N–H and O–H groups in total. The lowest BCUT2D eigenvalue weighted by Crippen LogP contribution is -2.34. The minimum atomic E-state index is -0.527. The number of ether oxygens (including phenoxy) is 1. The molecule has 2 amide bonds. The summed E-state index contributed by atoms with van der Waals surface area (Å²) in [6.07, 6.45) is -0.217. The highest BCUT2D eigenvalue weighted by molar-refractivity contribution is 5.99. The number of carbonyl (C=O) groups is 2. The number of fused-ring (bicyclic) bond motifs is 1. The number of anilines is 2. The van der Waals surface area contributed by atoms with Crippen LogP contribution in [0.15, 0.2) is 78.9 Å². The zero-order valence-corrected chi connectivity index (χ0v) is 16.1. The summed E-state index contributed by atoms with van der Waals surface area (Å²) in [6, 6.07) is 25.3. The highest BCUT2D eigenvalue weighted by Gasteiger charge is 2.24. The largest absolute Gasteiger partial charge is 0.479 e. The van der Waals surface area contributed by atoms with Gasteiger partial charge in [0.2, 0.25) is 5.91 Å². The van der Waals surface area contributed by atoms with E-state index in [2.05, 4.69) is 10.6 Å². The van der Waals surface area contributed by atoms with Crippen LogP contribution in [0.5, 0.6) is 5.75 Å². The third kappa shape index (κ3) is 4.29. The summed E-state index contributed by atoms with van der Waals surface area (Å²) in [6.45, 7) is 1.70. The van der Waals surface area contributed by atoms with Crippen molar-refractivity contribution in [2.24, 2.45) is 0 Å². The topological polar surface area (TPSA) is 67.4 Å². The molecule has 1 atom stereocenters. The molecule has 5 nitrogen and oxygen atoms in total. The fourth-order valence-electron chi connectivity index (χ4n) is 3.48. The first-order valence-electron chi connectivity index (χ1n) is 9.61. The Labute approximate surface area is 169 Å². The van der Waals surface area contributed by atoms with Gasteiger partial charge in [0.15, 0.2) is 6.10 Å². The average molecular weight is 386 g/mol. The van der Waals surface area contributed by atoms with Crippen molar-refractivity contribution in [1.82, 2.24) is 0 Å². The second-order valence-electron chi connectivity index (χ2n) is 7.09. The van der Waals surface area contributed by atoms with Gasteiger partial charge in [0.1, 0.15) is 5.75 Å². The molecule has 0 fully saturated rings. The Morgan fingerprint density at radius 3 is 2.24 bits per heavy atom. The maximum absolute atomic E-state index is 12.8. The Hall–Kier alpha value is -3.60.